The number of nitrogens with one attached hydrogen (secondary N) is 1. The highest BCUT2D eigenvalue weighted by Crippen LogP contribution is 2.40. The number of pyridine rings is 1. The third-order valence-electron chi connectivity index (χ3n) is 6.13. The van der Waals surface area contributed by atoms with E-state index in [9.17, 15) is 14.1 Å². The number of aromatic nitrogens is 1. The van der Waals surface area contributed by atoms with E-state index in [-0.39, 0.29) is 23.4 Å². The van der Waals surface area contributed by atoms with Crippen LogP contribution < -0.4 is 24.5 Å². The van der Waals surface area contributed by atoms with E-state index in [1.165, 1.54) is 49.8 Å². The van der Waals surface area contributed by atoms with Crippen LogP contribution in [0.3, 0.4) is 0 Å². The number of hydrogen-bond donors (Lipinski definition) is 1. The zero-order chi connectivity index (χ0) is 27.1. The number of ether oxygens (including phenoxy) is 3. The fourth-order valence-corrected chi connectivity index (χ4v) is 4.26. The quantitative estimate of drug-likeness (QED) is 0.214. The van der Waals surface area contributed by atoms with Crippen molar-refractivity contribution in [2.45, 2.75) is 18.9 Å². The second kappa shape index (κ2) is 12.0. The number of benzene rings is 2. The minimum Gasteiger partial charge on any atom is -0.494 e. The monoisotopic (exact) mass is 521 g/mol. The standard InChI is InChI=1S/C27H28FN5O5/c1-4-25(34)32-14-6-7-18(17-32)30-27-21(15-29-16-24(27)37-3)33(31-35)19-10-12-20(13-11-19)38-23-9-5-8-22(36-2)26(23)28/h4-5,8-13,15-16,18H,1,6-7,14,17H2,2-3H3,(H,29,30). The first-order valence-electron chi connectivity index (χ1n) is 11.9. The van der Waals surface area contributed by atoms with Crippen molar-refractivity contribution in [1.82, 2.24) is 9.88 Å². The van der Waals surface area contributed by atoms with Crippen LogP contribution in [0.4, 0.5) is 21.5 Å². The lowest BCUT2D eigenvalue weighted by Crippen LogP contribution is -2.44. The molecule has 1 aliphatic heterocycles. The maximum Gasteiger partial charge on any atom is 0.246 e. The highest BCUT2D eigenvalue weighted by Gasteiger charge is 2.26. The van der Waals surface area contributed by atoms with Crippen molar-refractivity contribution in [1.29, 1.82) is 0 Å². The van der Waals surface area contributed by atoms with Gasteiger partial charge in [-0.25, -0.2) is 0 Å². The third-order valence-corrected chi connectivity index (χ3v) is 6.13. The Bertz CT molecular complexity index is 1300. The van der Waals surface area contributed by atoms with Crippen LogP contribution >= 0.6 is 0 Å². The molecule has 11 heteroatoms. The second-order valence-corrected chi connectivity index (χ2v) is 8.47. The summed E-state index contributed by atoms with van der Waals surface area (Å²) in [6.45, 7) is 4.69. The topological polar surface area (TPSA) is 106 Å². The number of likely N-dealkylation sites (tertiary alicyclic amines) is 1. The van der Waals surface area contributed by atoms with Gasteiger partial charge in [0.1, 0.15) is 17.1 Å². The maximum absolute atomic E-state index is 14.5. The highest BCUT2D eigenvalue weighted by atomic mass is 19.1. The van der Waals surface area contributed by atoms with Gasteiger partial charge in [-0.2, -0.15) is 9.40 Å². The summed E-state index contributed by atoms with van der Waals surface area (Å²) in [5.41, 5.74) is 1.29. The molecule has 3 aromatic rings. The SMILES string of the molecule is C=CC(=O)N1CCCC(Nc2c(OC)cncc2N(N=O)c2ccc(Oc3cccc(OC)c3F)cc2)C1. The first-order chi connectivity index (χ1) is 18.5. The number of hydrogen-bond acceptors (Lipinski definition) is 8. The van der Waals surface area contributed by atoms with Crippen molar-refractivity contribution in [3.63, 3.8) is 0 Å². The fraction of sp³-hybridized carbons (Fsp3) is 0.259. The van der Waals surface area contributed by atoms with Crippen LogP contribution in [0.15, 0.2) is 72.8 Å². The molecule has 38 heavy (non-hydrogen) atoms. The van der Waals surface area contributed by atoms with Gasteiger partial charge in [0.25, 0.3) is 0 Å². The Morgan fingerprint density at radius 3 is 2.58 bits per heavy atom. The Labute approximate surface area is 219 Å². The van der Waals surface area contributed by atoms with Gasteiger partial charge in [-0.3, -0.25) is 9.78 Å². The van der Waals surface area contributed by atoms with Crippen LogP contribution in [0.25, 0.3) is 0 Å². The molecule has 1 aromatic heterocycles. The Morgan fingerprint density at radius 1 is 1.16 bits per heavy atom. The number of methoxy groups -OCH3 is 2. The van der Waals surface area contributed by atoms with Crippen LogP contribution in [0.1, 0.15) is 12.8 Å². The Hall–Kier alpha value is -4.67. The van der Waals surface area contributed by atoms with E-state index in [1.807, 2.05) is 0 Å². The number of carbonyl (C=O) groups excluding carboxylic acids is 1. The van der Waals surface area contributed by atoms with Crippen molar-refractivity contribution in [2.24, 2.45) is 5.29 Å². The molecule has 2 aromatic carbocycles. The lowest BCUT2D eigenvalue weighted by atomic mass is 10.0. The highest BCUT2D eigenvalue weighted by molar-refractivity contribution is 5.87. The molecular formula is C27H28FN5O5. The normalized spacial score (nSPS) is 14.8. The maximum atomic E-state index is 14.5. The van der Waals surface area contributed by atoms with Crippen molar-refractivity contribution in [3.05, 3.63) is 78.2 Å². The summed E-state index contributed by atoms with van der Waals surface area (Å²) in [5.74, 6) is 0.0772. The summed E-state index contributed by atoms with van der Waals surface area (Å²) in [5, 5.41) is 7.80. The molecule has 0 radical (unpaired) electrons. The van der Waals surface area contributed by atoms with Crippen LogP contribution in [0.2, 0.25) is 0 Å². The summed E-state index contributed by atoms with van der Waals surface area (Å²) >= 11 is 0. The molecule has 198 valence electrons. The van der Waals surface area contributed by atoms with E-state index in [1.54, 1.807) is 35.2 Å². The van der Waals surface area contributed by atoms with E-state index < -0.39 is 5.82 Å². The molecule has 1 fully saturated rings. The number of rotatable bonds is 10. The van der Waals surface area contributed by atoms with E-state index >= 15 is 0 Å². The van der Waals surface area contributed by atoms with E-state index in [0.717, 1.165) is 12.8 Å². The van der Waals surface area contributed by atoms with Crippen molar-refractivity contribution >= 4 is 23.0 Å². The number of nitroso groups, excluding NO2 is 1. The van der Waals surface area contributed by atoms with Gasteiger partial charge in [-0.15, -0.1) is 4.91 Å². The van der Waals surface area contributed by atoms with Gasteiger partial charge in [0.2, 0.25) is 11.7 Å². The van der Waals surface area contributed by atoms with Crippen molar-refractivity contribution in [3.8, 4) is 23.0 Å². The Balaban J connectivity index is 1.59. The minimum atomic E-state index is -0.621. The summed E-state index contributed by atoms with van der Waals surface area (Å²) in [7, 11) is 2.88. The molecule has 1 unspecified atom stereocenters. The smallest absolute Gasteiger partial charge is 0.246 e. The average Bonchev–Trinajstić information content (AvgIpc) is 2.95. The number of amides is 1. The molecular weight excluding hydrogens is 493 g/mol. The summed E-state index contributed by atoms with van der Waals surface area (Å²) in [4.78, 5) is 30.1. The van der Waals surface area contributed by atoms with Crippen molar-refractivity contribution in [2.75, 3.05) is 37.6 Å². The average molecular weight is 522 g/mol. The zero-order valence-electron chi connectivity index (χ0n) is 21.1. The minimum absolute atomic E-state index is 0.00223. The van der Waals surface area contributed by atoms with E-state index in [4.69, 9.17) is 14.2 Å². The van der Waals surface area contributed by atoms with Crippen LogP contribution in [0, 0.1) is 10.7 Å². The lowest BCUT2D eigenvalue weighted by Gasteiger charge is -2.34. The Kier molecular flexibility index (Phi) is 8.37. The van der Waals surface area contributed by atoms with Crippen LogP contribution in [0.5, 0.6) is 23.0 Å². The van der Waals surface area contributed by atoms with Gasteiger partial charge in [0.15, 0.2) is 17.2 Å². The number of piperidine rings is 1. The molecule has 1 saturated heterocycles. The predicted molar refractivity (Wildman–Crippen MR) is 142 cm³/mol. The zero-order valence-corrected chi connectivity index (χ0v) is 21.1. The number of carbonyl (C=O) groups is 1. The molecule has 1 N–H and O–H groups in total. The third kappa shape index (κ3) is 5.66. The first-order valence-corrected chi connectivity index (χ1v) is 11.9. The van der Waals surface area contributed by atoms with Gasteiger partial charge in [0.05, 0.1) is 37.6 Å². The molecule has 10 nitrogen and oxygen atoms in total. The number of anilines is 3. The molecule has 0 aliphatic carbocycles. The van der Waals surface area contributed by atoms with Crippen molar-refractivity contribution < 1.29 is 23.4 Å². The fourth-order valence-electron chi connectivity index (χ4n) is 4.26. The largest absolute Gasteiger partial charge is 0.494 e. The Morgan fingerprint density at radius 2 is 1.89 bits per heavy atom. The molecule has 1 amide bonds. The van der Waals surface area contributed by atoms with E-state index in [2.05, 4.69) is 22.2 Å². The summed E-state index contributed by atoms with van der Waals surface area (Å²) < 4.78 is 30.6. The summed E-state index contributed by atoms with van der Waals surface area (Å²) in [6, 6.07) is 10.9. The lowest BCUT2D eigenvalue weighted by molar-refractivity contribution is -0.127. The molecule has 1 aliphatic rings. The van der Waals surface area contributed by atoms with Crippen LogP contribution in [-0.4, -0.2) is 49.1 Å². The number of nitrogens with zero attached hydrogens (tertiary/aromatic N) is 4. The van der Waals surface area contributed by atoms with Gasteiger partial charge in [-0.05, 0) is 55.3 Å². The number of halogens is 1. The van der Waals surface area contributed by atoms with E-state index in [0.29, 0.717) is 41.7 Å². The van der Waals surface area contributed by atoms with Crippen LogP contribution in [-0.2, 0) is 4.79 Å². The van der Waals surface area contributed by atoms with Gasteiger partial charge in [0, 0.05) is 19.1 Å². The van der Waals surface area contributed by atoms with Gasteiger partial charge >= 0.3 is 0 Å². The molecule has 0 bridgehead atoms. The second-order valence-electron chi connectivity index (χ2n) is 8.47. The molecule has 4 rings (SSSR count). The van der Waals surface area contributed by atoms with Gasteiger partial charge < -0.3 is 24.4 Å². The molecule has 2 heterocycles. The predicted octanol–water partition coefficient (Wildman–Crippen LogP) is 5.44. The summed E-state index contributed by atoms with van der Waals surface area (Å²) in [6.07, 6.45) is 5.95. The van der Waals surface area contributed by atoms with Gasteiger partial charge in [-0.1, -0.05) is 12.6 Å². The molecule has 1 atom stereocenters. The first kappa shape index (κ1) is 26.4. The molecule has 0 spiro atoms. The molecule has 0 saturated carbocycles.